The highest BCUT2D eigenvalue weighted by Crippen LogP contribution is 2.26. The Kier molecular flexibility index (Phi) is 5.01. The van der Waals surface area contributed by atoms with E-state index in [4.69, 9.17) is 19.7 Å². The normalized spacial score (nSPS) is 10.3. The molecule has 0 aromatic heterocycles. The van der Waals surface area contributed by atoms with Crippen LogP contribution in [0, 0.1) is 0 Å². The van der Waals surface area contributed by atoms with Crippen molar-refractivity contribution >= 4 is 20.3 Å². The van der Waals surface area contributed by atoms with Gasteiger partial charge < -0.3 is 19.7 Å². The van der Waals surface area contributed by atoms with Gasteiger partial charge in [-0.2, -0.15) is 0 Å². The summed E-state index contributed by atoms with van der Waals surface area (Å²) in [7, 11) is -1.78. The summed E-state index contributed by atoms with van der Waals surface area (Å²) in [5.41, 5.74) is 4.68. The Hall–Kier alpha value is -2.53. The van der Waals surface area contributed by atoms with Crippen molar-refractivity contribution < 1.29 is 19.7 Å². The Morgan fingerprint density at radius 3 is 1.38 bits per heavy atom. The third kappa shape index (κ3) is 3.68. The molecule has 24 heavy (non-hydrogen) atoms. The van der Waals surface area contributed by atoms with Gasteiger partial charge in [-0.25, -0.2) is 0 Å². The topological polar surface area (TPSA) is 69.9 Å². The molecule has 0 bridgehead atoms. The minimum atomic E-state index is -1.45. The fourth-order valence-corrected chi connectivity index (χ4v) is 2.52. The molecule has 0 fully saturated rings. The van der Waals surface area contributed by atoms with Gasteiger partial charge in [-0.3, -0.25) is 0 Å². The van der Waals surface area contributed by atoms with Crippen LogP contribution < -0.4 is 10.1 Å². The number of hydrogen-bond donors (Lipinski definition) is 3. The molecule has 0 aliphatic heterocycles. The van der Waals surface area contributed by atoms with Crippen LogP contribution in [0.2, 0.25) is 0 Å². The van der Waals surface area contributed by atoms with Crippen LogP contribution in [0.15, 0.2) is 72.8 Å². The second kappa shape index (κ2) is 7.36. The van der Waals surface area contributed by atoms with Gasteiger partial charge in [-0.1, -0.05) is 60.7 Å². The van der Waals surface area contributed by atoms with Gasteiger partial charge in [0.2, 0.25) is 0 Å². The SMILES string of the molecule is OBOc1ccc(-c2ccc(-c3ccc(B(O)O)cc3)cc2)cc1. The van der Waals surface area contributed by atoms with Crippen molar-refractivity contribution in [3.63, 3.8) is 0 Å². The lowest BCUT2D eigenvalue weighted by Crippen LogP contribution is -2.29. The predicted molar refractivity (Wildman–Crippen MR) is 97.1 cm³/mol. The number of rotatable bonds is 5. The average molecular weight is 318 g/mol. The quantitative estimate of drug-likeness (QED) is 0.621. The van der Waals surface area contributed by atoms with Crippen LogP contribution in [0.5, 0.6) is 5.75 Å². The van der Waals surface area contributed by atoms with E-state index in [1.54, 1.807) is 12.1 Å². The maximum atomic E-state index is 9.13. The molecule has 3 aromatic rings. The molecule has 6 heteroatoms. The monoisotopic (exact) mass is 318 g/mol. The van der Waals surface area contributed by atoms with Gasteiger partial charge in [-0.15, -0.1) is 0 Å². The van der Waals surface area contributed by atoms with Gasteiger partial charge >= 0.3 is 14.8 Å². The standard InChI is InChI=1S/C18H16B2O4/c21-19-24-18-11-7-16(8-12-18)14-3-1-13(2-4-14)15-5-9-17(10-6-15)20(22)23/h1-12,19,21-23H. The smallest absolute Gasteiger partial charge is 0.504 e. The summed E-state index contributed by atoms with van der Waals surface area (Å²) in [5, 5.41) is 27.0. The minimum Gasteiger partial charge on any atom is -0.539 e. The van der Waals surface area contributed by atoms with Crippen molar-refractivity contribution in [2.24, 2.45) is 0 Å². The van der Waals surface area contributed by atoms with E-state index in [2.05, 4.69) is 0 Å². The Labute approximate surface area is 141 Å². The fraction of sp³-hybridized carbons (Fsp3) is 0. The van der Waals surface area contributed by atoms with E-state index in [0.717, 1.165) is 22.3 Å². The zero-order valence-corrected chi connectivity index (χ0v) is 13.0. The molecule has 0 unspecified atom stereocenters. The lowest BCUT2D eigenvalue weighted by Gasteiger charge is -2.07. The highest BCUT2D eigenvalue weighted by molar-refractivity contribution is 6.58. The van der Waals surface area contributed by atoms with E-state index in [1.165, 1.54) is 0 Å². The number of hydrogen-bond acceptors (Lipinski definition) is 4. The molecule has 0 saturated carbocycles. The molecule has 3 N–H and O–H groups in total. The van der Waals surface area contributed by atoms with Crippen LogP contribution in [0.4, 0.5) is 0 Å². The van der Waals surface area contributed by atoms with Crippen LogP contribution in [0.3, 0.4) is 0 Å². The molecule has 3 aromatic carbocycles. The van der Waals surface area contributed by atoms with Crippen LogP contribution in [-0.2, 0) is 0 Å². The molecule has 0 radical (unpaired) electrons. The third-order valence-electron chi connectivity index (χ3n) is 3.85. The summed E-state index contributed by atoms with van der Waals surface area (Å²) in [5.74, 6) is 0.629. The highest BCUT2D eigenvalue weighted by Gasteiger charge is 2.10. The van der Waals surface area contributed by atoms with Crippen LogP contribution in [0.25, 0.3) is 22.3 Å². The zero-order chi connectivity index (χ0) is 16.9. The molecule has 0 saturated heterocycles. The molecule has 118 valence electrons. The molecule has 0 atom stereocenters. The zero-order valence-electron chi connectivity index (χ0n) is 13.0. The minimum absolute atomic E-state index is 0.333. The number of benzene rings is 3. The van der Waals surface area contributed by atoms with Gasteiger partial charge in [0, 0.05) is 0 Å². The van der Waals surface area contributed by atoms with E-state index in [1.807, 2.05) is 60.7 Å². The molecular formula is C18H16B2O4. The van der Waals surface area contributed by atoms with Gasteiger partial charge in [0.15, 0.2) is 0 Å². The van der Waals surface area contributed by atoms with Gasteiger partial charge in [0.05, 0.1) is 0 Å². The molecule has 0 amide bonds. The van der Waals surface area contributed by atoms with Gasteiger partial charge in [0.25, 0.3) is 0 Å². The van der Waals surface area contributed by atoms with Crippen molar-refractivity contribution in [2.45, 2.75) is 0 Å². The van der Waals surface area contributed by atoms with Gasteiger partial charge in [0.1, 0.15) is 5.75 Å². The summed E-state index contributed by atoms with van der Waals surface area (Å²) in [6.07, 6.45) is 0. The van der Waals surface area contributed by atoms with E-state index < -0.39 is 7.12 Å². The summed E-state index contributed by atoms with van der Waals surface area (Å²) in [6, 6.07) is 22.8. The fourth-order valence-electron chi connectivity index (χ4n) is 2.52. The Bertz CT molecular complexity index is 785. The van der Waals surface area contributed by atoms with Gasteiger partial charge in [-0.05, 0) is 39.8 Å². The first-order valence-corrected chi connectivity index (χ1v) is 7.58. The highest BCUT2D eigenvalue weighted by atomic mass is 16.5. The summed E-state index contributed by atoms with van der Waals surface area (Å²) in [4.78, 5) is 0. The molecule has 0 spiro atoms. The molecular weight excluding hydrogens is 302 g/mol. The lowest BCUT2D eigenvalue weighted by molar-refractivity contribution is 0.426. The average Bonchev–Trinajstić information content (AvgIpc) is 2.63. The summed E-state index contributed by atoms with van der Waals surface area (Å²) < 4.78 is 5.02. The summed E-state index contributed by atoms with van der Waals surface area (Å²) >= 11 is 0. The predicted octanol–water partition coefficient (Wildman–Crippen LogP) is 1.34. The van der Waals surface area contributed by atoms with E-state index in [9.17, 15) is 0 Å². The van der Waals surface area contributed by atoms with E-state index in [0.29, 0.717) is 11.2 Å². The Balaban J connectivity index is 1.79. The summed E-state index contributed by atoms with van der Waals surface area (Å²) in [6.45, 7) is 0. The molecule has 0 heterocycles. The van der Waals surface area contributed by atoms with Crippen LogP contribution in [-0.4, -0.2) is 29.9 Å². The largest absolute Gasteiger partial charge is 0.539 e. The van der Waals surface area contributed by atoms with Crippen molar-refractivity contribution in [1.29, 1.82) is 0 Å². The first kappa shape index (κ1) is 16.3. The van der Waals surface area contributed by atoms with Crippen molar-refractivity contribution in [3.05, 3.63) is 72.8 Å². The molecule has 0 aliphatic rings. The second-order valence-electron chi connectivity index (χ2n) is 5.37. The second-order valence-corrected chi connectivity index (χ2v) is 5.37. The first-order chi connectivity index (χ1) is 11.7. The Morgan fingerprint density at radius 1 is 0.625 bits per heavy atom. The molecule has 3 rings (SSSR count). The lowest BCUT2D eigenvalue weighted by atomic mass is 9.80. The molecule has 4 nitrogen and oxygen atoms in total. The maximum Gasteiger partial charge on any atom is 0.504 e. The van der Waals surface area contributed by atoms with Crippen molar-refractivity contribution in [3.8, 4) is 28.0 Å². The van der Waals surface area contributed by atoms with Crippen molar-refractivity contribution in [2.75, 3.05) is 0 Å². The van der Waals surface area contributed by atoms with Crippen LogP contribution >= 0.6 is 0 Å². The van der Waals surface area contributed by atoms with E-state index in [-0.39, 0.29) is 7.69 Å². The first-order valence-electron chi connectivity index (χ1n) is 7.58. The maximum absolute atomic E-state index is 9.13. The van der Waals surface area contributed by atoms with Crippen molar-refractivity contribution in [1.82, 2.24) is 0 Å². The molecule has 0 aliphatic carbocycles. The third-order valence-corrected chi connectivity index (χ3v) is 3.85. The Morgan fingerprint density at radius 2 is 1.00 bits per heavy atom. The van der Waals surface area contributed by atoms with Crippen LogP contribution in [0.1, 0.15) is 0 Å². The van der Waals surface area contributed by atoms with E-state index >= 15 is 0 Å².